The normalized spacial score (nSPS) is 10.6. The molecule has 14 heavy (non-hydrogen) atoms. The fourth-order valence-electron chi connectivity index (χ4n) is 1.19. The van der Waals surface area contributed by atoms with E-state index in [1.54, 1.807) is 18.3 Å². The van der Waals surface area contributed by atoms with Crippen LogP contribution >= 0.6 is 11.6 Å². The zero-order valence-electron chi connectivity index (χ0n) is 7.14. The van der Waals surface area contributed by atoms with Gasteiger partial charge in [0, 0.05) is 6.20 Å². The largest absolute Gasteiger partial charge is 0.368 e. The standard InChI is InChI=1S/C8H7ClN4O/c9-7-5-2-1-3-11-8(5)12-13(7)4-6(10)14/h1-3H,4H2,(H2,10,14). The van der Waals surface area contributed by atoms with Gasteiger partial charge < -0.3 is 5.73 Å². The number of hydrogen-bond acceptors (Lipinski definition) is 3. The Balaban J connectivity index is 2.57. The number of halogens is 1. The van der Waals surface area contributed by atoms with Gasteiger partial charge in [0.1, 0.15) is 11.7 Å². The Morgan fingerprint density at radius 2 is 2.43 bits per heavy atom. The number of rotatable bonds is 2. The lowest BCUT2D eigenvalue weighted by Crippen LogP contribution is -2.19. The minimum absolute atomic E-state index is 0.0325. The summed E-state index contributed by atoms with van der Waals surface area (Å²) >= 11 is 5.95. The first-order valence-corrected chi connectivity index (χ1v) is 4.31. The average molecular weight is 211 g/mol. The lowest BCUT2D eigenvalue weighted by molar-refractivity contribution is -0.118. The van der Waals surface area contributed by atoms with E-state index in [2.05, 4.69) is 10.1 Å². The molecule has 6 heteroatoms. The number of amides is 1. The minimum Gasteiger partial charge on any atom is -0.368 e. The predicted molar refractivity (Wildman–Crippen MR) is 51.7 cm³/mol. The summed E-state index contributed by atoms with van der Waals surface area (Å²) in [6, 6.07) is 3.54. The molecule has 1 amide bonds. The highest BCUT2D eigenvalue weighted by atomic mass is 35.5. The zero-order valence-corrected chi connectivity index (χ0v) is 7.90. The number of pyridine rings is 1. The van der Waals surface area contributed by atoms with Crippen LogP contribution in [0.25, 0.3) is 11.0 Å². The van der Waals surface area contributed by atoms with Crippen molar-refractivity contribution >= 4 is 28.5 Å². The number of carbonyl (C=O) groups excluding carboxylic acids is 1. The summed E-state index contributed by atoms with van der Waals surface area (Å²) in [4.78, 5) is 14.7. The van der Waals surface area contributed by atoms with Gasteiger partial charge in [-0.3, -0.25) is 4.79 Å². The molecule has 0 atom stereocenters. The van der Waals surface area contributed by atoms with Gasteiger partial charge in [-0.15, -0.1) is 0 Å². The summed E-state index contributed by atoms with van der Waals surface area (Å²) in [6.07, 6.45) is 1.61. The molecule has 0 fully saturated rings. The monoisotopic (exact) mass is 210 g/mol. The van der Waals surface area contributed by atoms with Crippen LogP contribution in [0.5, 0.6) is 0 Å². The van der Waals surface area contributed by atoms with E-state index in [0.717, 1.165) is 5.39 Å². The van der Waals surface area contributed by atoms with E-state index in [-0.39, 0.29) is 6.54 Å². The molecular formula is C8H7ClN4O. The molecule has 0 aliphatic carbocycles. The number of carbonyl (C=O) groups is 1. The maximum atomic E-state index is 10.7. The third kappa shape index (κ3) is 1.42. The Morgan fingerprint density at radius 3 is 3.07 bits per heavy atom. The molecule has 2 N–H and O–H groups in total. The van der Waals surface area contributed by atoms with E-state index in [9.17, 15) is 4.79 Å². The van der Waals surface area contributed by atoms with Gasteiger partial charge in [-0.2, -0.15) is 5.10 Å². The van der Waals surface area contributed by atoms with Crippen molar-refractivity contribution in [1.82, 2.24) is 14.8 Å². The van der Waals surface area contributed by atoms with Crippen molar-refractivity contribution < 1.29 is 4.79 Å². The quantitative estimate of drug-likeness (QED) is 0.788. The van der Waals surface area contributed by atoms with Crippen molar-refractivity contribution in [2.45, 2.75) is 6.54 Å². The van der Waals surface area contributed by atoms with Crippen molar-refractivity contribution in [2.75, 3.05) is 0 Å². The van der Waals surface area contributed by atoms with Crippen molar-refractivity contribution in [3.05, 3.63) is 23.5 Å². The predicted octanol–water partition coefficient (Wildman–Crippen LogP) is 0.570. The van der Waals surface area contributed by atoms with Gasteiger partial charge in [-0.05, 0) is 12.1 Å². The van der Waals surface area contributed by atoms with Crippen molar-refractivity contribution in [1.29, 1.82) is 0 Å². The number of hydrogen-bond donors (Lipinski definition) is 1. The number of nitrogens with zero attached hydrogens (tertiary/aromatic N) is 3. The Labute approximate surface area is 84.5 Å². The van der Waals surface area contributed by atoms with Crippen LogP contribution in [0.15, 0.2) is 18.3 Å². The molecule has 2 aromatic heterocycles. The molecule has 72 valence electrons. The van der Waals surface area contributed by atoms with Crippen LogP contribution in [0.1, 0.15) is 0 Å². The van der Waals surface area contributed by atoms with Crippen LogP contribution in [0.2, 0.25) is 5.15 Å². The highest BCUT2D eigenvalue weighted by Gasteiger charge is 2.10. The van der Waals surface area contributed by atoms with Gasteiger partial charge in [0.25, 0.3) is 0 Å². The fourth-order valence-corrected chi connectivity index (χ4v) is 1.43. The van der Waals surface area contributed by atoms with E-state index in [1.165, 1.54) is 4.68 Å². The number of fused-ring (bicyclic) bond motifs is 1. The number of nitrogens with two attached hydrogens (primary N) is 1. The van der Waals surface area contributed by atoms with Gasteiger partial charge in [0.05, 0.1) is 5.39 Å². The molecule has 0 aliphatic heterocycles. The summed E-state index contributed by atoms with van der Waals surface area (Å²) in [7, 11) is 0. The number of primary amides is 1. The second kappa shape index (κ2) is 3.26. The third-order valence-electron chi connectivity index (χ3n) is 1.76. The highest BCUT2D eigenvalue weighted by Crippen LogP contribution is 2.20. The maximum absolute atomic E-state index is 10.7. The topological polar surface area (TPSA) is 73.8 Å². The Kier molecular flexibility index (Phi) is 2.09. The molecule has 2 heterocycles. The van der Waals surface area contributed by atoms with E-state index >= 15 is 0 Å². The molecule has 5 nitrogen and oxygen atoms in total. The first kappa shape index (κ1) is 8.96. The van der Waals surface area contributed by atoms with Gasteiger partial charge >= 0.3 is 0 Å². The highest BCUT2D eigenvalue weighted by molar-refractivity contribution is 6.34. The van der Waals surface area contributed by atoms with Crippen LogP contribution in [0, 0.1) is 0 Å². The maximum Gasteiger partial charge on any atom is 0.239 e. The van der Waals surface area contributed by atoms with Crippen LogP contribution in [-0.4, -0.2) is 20.7 Å². The van der Waals surface area contributed by atoms with Crippen LogP contribution < -0.4 is 5.73 Å². The molecule has 0 unspecified atom stereocenters. The van der Waals surface area contributed by atoms with Gasteiger partial charge in [-0.25, -0.2) is 9.67 Å². The molecule has 0 bridgehead atoms. The molecule has 2 aromatic rings. The molecule has 2 rings (SSSR count). The zero-order chi connectivity index (χ0) is 10.1. The average Bonchev–Trinajstić information content (AvgIpc) is 2.44. The Morgan fingerprint density at radius 1 is 1.64 bits per heavy atom. The number of aromatic nitrogens is 3. The van der Waals surface area contributed by atoms with Crippen molar-refractivity contribution in [3.63, 3.8) is 0 Å². The Bertz CT molecular complexity index is 493. The molecule has 0 aromatic carbocycles. The summed E-state index contributed by atoms with van der Waals surface area (Å²) < 4.78 is 1.33. The van der Waals surface area contributed by atoms with Crippen molar-refractivity contribution in [2.24, 2.45) is 5.73 Å². The fraction of sp³-hybridized carbons (Fsp3) is 0.125. The first-order chi connectivity index (χ1) is 6.68. The van der Waals surface area contributed by atoms with Gasteiger partial charge in [0.15, 0.2) is 5.65 Å². The van der Waals surface area contributed by atoms with Gasteiger partial charge in [-0.1, -0.05) is 11.6 Å². The van der Waals surface area contributed by atoms with E-state index in [0.29, 0.717) is 10.8 Å². The van der Waals surface area contributed by atoms with Crippen LogP contribution in [0.4, 0.5) is 0 Å². The Hall–Kier alpha value is -1.62. The molecule has 0 radical (unpaired) electrons. The van der Waals surface area contributed by atoms with Gasteiger partial charge in [0.2, 0.25) is 5.91 Å². The van der Waals surface area contributed by atoms with Crippen LogP contribution in [0.3, 0.4) is 0 Å². The summed E-state index contributed by atoms with van der Waals surface area (Å²) in [6.45, 7) is -0.0325. The first-order valence-electron chi connectivity index (χ1n) is 3.94. The second-order valence-electron chi connectivity index (χ2n) is 2.79. The summed E-state index contributed by atoms with van der Waals surface area (Å²) in [5.74, 6) is -0.486. The van der Waals surface area contributed by atoms with E-state index in [1.807, 2.05) is 0 Å². The molecule has 0 spiro atoms. The minimum atomic E-state index is -0.486. The summed E-state index contributed by atoms with van der Waals surface area (Å²) in [5, 5.41) is 5.12. The summed E-state index contributed by atoms with van der Waals surface area (Å²) in [5.41, 5.74) is 5.55. The van der Waals surface area contributed by atoms with Crippen molar-refractivity contribution in [3.8, 4) is 0 Å². The van der Waals surface area contributed by atoms with Crippen LogP contribution in [-0.2, 0) is 11.3 Å². The SMILES string of the molecule is NC(=O)Cn1nc2ncccc2c1Cl. The molecule has 0 saturated heterocycles. The van der Waals surface area contributed by atoms with E-state index in [4.69, 9.17) is 17.3 Å². The smallest absolute Gasteiger partial charge is 0.239 e. The third-order valence-corrected chi connectivity index (χ3v) is 2.16. The molecular weight excluding hydrogens is 204 g/mol. The molecule has 0 aliphatic rings. The second-order valence-corrected chi connectivity index (χ2v) is 3.15. The van der Waals surface area contributed by atoms with E-state index < -0.39 is 5.91 Å². The lowest BCUT2D eigenvalue weighted by Gasteiger charge is -1.96. The lowest BCUT2D eigenvalue weighted by atomic mass is 10.4. The molecule has 0 saturated carbocycles.